The van der Waals surface area contributed by atoms with Crippen molar-refractivity contribution in [2.75, 3.05) is 7.11 Å². The number of imide groups is 1. The van der Waals surface area contributed by atoms with Crippen LogP contribution >= 0.6 is 15.9 Å². The summed E-state index contributed by atoms with van der Waals surface area (Å²) in [5, 5.41) is 2.62. The number of benzene rings is 1. The summed E-state index contributed by atoms with van der Waals surface area (Å²) in [4.78, 5) is 37.9. The number of nitrogens with one attached hydrogen (secondary N) is 1. The molecule has 0 atom stereocenters. The summed E-state index contributed by atoms with van der Waals surface area (Å²) in [5.74, 6) is -0.807. The molecule has 3 amide bonds. The van der Waals surface area contributed by atoms with Crippen LogP contribution < -0.4 is 5.32 Å². The monoisotopic (exact) mass is 497 g/mol. The van der Waals surface area contributed by atoms with Gasteiger partial charge in [0.05, 0.1) is 19.3 Å². The van der Waals surface area contributed by atoms with E-state index in [1.54, 1.807) is 6.08 Å². The van der Waals surface area contributed by atoms with Crippen molar-refractivity contribution in [1.29, 1.82) is 0 Å². The van der Waals surface area contributed by atoms with Gasteiger partial charge >= 0.3 is 12.0 Å². The lowest BCUT2D eigenvalue weighted by molar-refractivity contribution is -0.123. The van der Waals surface area contributed by atoms with E-state index in [4.69, 9.17) is 4.42 Å². The lowest BCUT2D eigenvalue weighted by Gasteiger charge is -2.11. The molecule has 164 valence electrons. The molecule has 0 saturated carbocycles. The zero-order valence-corrected chi connectivity index (χ0v) is 19.2. The normalized spacial score (nSPS) is 14.9. The van der Waals surface area contributed by atoms with E-state index >= 15 is 0 Å². The molecule has 1 aromatic carbocycles. The third-order valence-corrected chi connectivity index (χ3v) is 5.86. The Bertz CT molecular complexity index is 1270. The van der Waals surface area contributed by atoms with Crippen LogP contribution in [0.4, 0.5) is 4.79 Å². The number of aryl methyl sites for hydroxylation is 1. The Labute approximate surface area is 192 Å². The van der Waals surface area contributed by atoms with Crippen LogP contribution in [-0.2, 0) is 16.1 Å². The molecule has 2 aromatic heterocycles. The highest BCUT2D eigenvalue weighted by atomic mass is 79.9. The van der Waals surface area contributed by atoms with E-state index in [1.807, 2.05) is 44.2 Å². The first kappa shape index (κ1) is 21.6. The number of carbonyl (C=O) groups is 3. The summed E-state index contributed by atoms with van der Waals surface area (Å²) in [6.07, 6.45) is 1.66. The van der Waals surface area contributed by atoms with Gasteiger partial charge in [0.2, 0.25) is 5.76 Å². The third-order valence-electron chi connectivity index (χ3n) is 5.19. The molecule has 3 aromatic rings. The Balaban J connectivity index is 1.60. The van der Waals surface area contributed by atoms with Crippen LogP contribution in [0.1, 0.15) is 33.3 Å². The van der Waals surface area contributed by atoms with E-state index in [0.717, 1.165) is 32.0 Å². The second-order valence-corrected chi connectivity index (χ2v) is 8.10. The average Bonchev–Trinajstić information content (AvgIpc) is 3.42. The van der Waals surface area contributed by atoms with E-state index in [0.29, 0.717) is 5.76 Å². The van der Waals surface area contributed by atoms with Crippen molar-refractivity contribution < 1.29 is 23.5 Å². The van der Waals surface area contributed by atoms with Crippen molar-refractivity contribution in [2.45, 2.75) is 20.4 Å². The van der Waals surface area contributed by atoms with E-state index in [1.165, 1.54) is 19.2 Å². The lowest BCUT2D eigenvalue weighted by atomic mass is 10.2. The predicted molar refractivity (Wildman–Crippen MR) is 120 cm³/mol. The second kappa shape index (κ2) is 8.51. The summed E-state index contributed by atoms with van der Waals surface area (Å²) in [6.45, 7) is 3.83. The highest BCUT2D eigenvalue weighted by Gasteiger charge is 2.34. The Morgan fingerprint density at radius 2 is 1.94 bits per heavy atom. The fourth-order valence-corrected chi connectivity index (χ4v) is 4.10. The summed E-state index contributed by atoms with van der Waals surface area (Å²) < 4.78 is 13.0. The molecule has 0 spiro atoms. The van der Waals surface area contributed by atoms with E-state index in [-0.39, 0.29) is 18.0 Å². The second-order valence-electron chi connectivity index (χ2n) is 7.25. The van der Waals surface area contributed by atoms with Gasteiger partial charge in [0.1, 0.15) is 11.5 Å². The number of carbonyl (C=O) groups excluding carboxylic acids is 3. The highest BCUT2D eigenvalue weighted by Crippen LogP contribution is 2.28. The summed E-state index contributed by atoms with van der Waals surface area (Å²) in [6, 6.07) is 12.2. The number of amides is 3. The van der Waals surface area contributed by atoms with Crippen LogP contribution in [0.15, 0.2) is 57.1 Å². The van der Waals surface area contributed by atoms with Gasteiger partial charge in [-0.1, -0.05) is 12.1 Å². The number of nitrogens with zero attached hydrogens (tertiary/aromatic N) is 2. The first-order valence-electron chi connectivity index (χ1n) is 9.75. The van der Waals surface area contributed by atoms with Crippen LogP contribution in [0, 0.1) is 13.8 Å². The van der Waals surface area contributed by atoms with Gasteiger partial charge < -0.3 is 19.0 Å². The number of urea groups is 1. The summed E-state index contributed by atoms with van der Waals surface area (Å²) in [7, 11) is 1.24. The SMILES string of the molecule is COC(=O)c1ccc(CN2C(=O)NC(=Cc3cc(C)n(-c4ccccc4Br)c3C)C2=O)o1. The zero-order chi connectivity index (χ0) is 23.0. The number of halogens is 1. The van der Waals surface area contributed by atoms with Gasteiger partial charge in [-0.15, -0.1) is 0 Å². The molecule has 8 nitrogen and oxygen atoms in total. The molecule has 9 heteroatoms. The van der Waals surface area contributed by atoms with Gasteiger partial charge in [0.15, 0.2) is 0 Å². The Kier molecular flexibility index (Phi) is 5.75. The van der Waals surface area contributed by atoms with Crippen molar-refractivity contribution >= 4 is 39.9 Å². The summed E-state index contributed by atoms with van der Waals surface area (Å²) >= 11 is 3.58. The quantitative estimate of drug-likeness (QED) is 0.321. The molecule has 4 rings (SSSR count). The number of esters is 1. The molecular weight excluding hydrogens is 478 g/mol. The molecule has 3 heterocycles. The molecule has 0 unspecified atom stereocenters. The highest BCUT2D eigenvalue weighted by molar-refractivity contribution is 9.10. The van der Waals surface area contributed by atoms with Crippen LogP contribution in [0.25, 0.3) is 11.8 Å². The largest absolute Gasteiger partial charge is 0.463 e. The van der Waals surface area contributed by atoms with Gasteiger partial charge in [-0.05, 0) is 71.7 Å². The van der Waals surface area contributed by atoms with Gasteiger partial charge in [-0.2, -0.15) is 0 Å². The van der Waals surface area contributed by atoms with Crippen molar-refractivity contribution in [3.8, 4) is 5.69 Å². The molecule has 1 aliphatic rings. The van der Waals surface area contributed by atoms with Gasteiger partial charge in [-0.3, -0.25) is 9.69 Å². The van der Waals surface area contributed by atoms with Gasteiger partial charge in [0, 0.05) is 15.9 Å². The van der Waals surface area contributed by atoms with Crippen LogP contribution in [0.3, 0.4) is 0 Å². The fraction of sp³-hybridized carbons (Fsp3) is 0.174. The van der Waals surface area contributed by atoms with Crippen molar-refractivity contribution in [2.24, 2.45) is 0 Å². The van der Waals surface area contributed by atoms with Gasteiger partial charge in [0.25, 0.3) is 5.91 Å². The minimum atomic E-state index is -0.630. The topological polar surface area (TPSA) is 93.8 Å². The van der Waals surface area contributed by atoms with E-state index in [2.05, 4.69) is 30.6 Å². The molecule has 1 saturated heterocycles. The molecule has 0 radical (unpaired) electrons. The minimum Gasteiger partial charge on any atom is -0.463 e. The Morgan fingerprint density at radius 1 is 1.19 bits per heavy atom. The first-order valence-corrected chi connectivity index (χ1v) is 10.5. The fourth-order valence-electron chi connectivity index (χ4n) is 3.64. The molecule has 1 aliphatic heterocycles. The number of ether oxygens (including phenoxy) is 1. The number of hydrogen-bond acceptors (Lipinski definition) is 5. The molecule has 0 aliphatic carbocycles. The van der Waals surface area contributed by atoms with Crippen LogP contribution in [0.2, 0.25) is 0 Å². The molecule has 1 N–H and O–H groups in total. The van der Waals surface area contributed by atoms with Crippen LogP contribution in [0.5, 0.6) is 0 Å². The van der Waals surface area contributed by atoms with Crippen molar-refractivity contribution in [3.05, 3.63) is 81.1 Å². The third kappa shape index (κ3) is 3.87. The molecule has 32 heavy (non-hydrogen) atoms. The van der Waals surface area contributed by atoms with E-state index < -0.39 is 17.9 Å². The van der Waals surface area contributed by atoms with Crippen molar-refractivity contribution in [3.63, 3.8) is 0 Å². The van der Waals surface area contributed by atoms with Gasteiger partial charge in [-0.25, -0.2) is 9.59 Å². The maximum absolute atomic E-state index is 12.9. The Hall–Kier alpha value is -3.59. The minimum absolute atomic E-state index is 0.00447. The number of rotatable bonds is 5. The molecular formula is C23H20BrN3O5. The standard InChI is InChI=1S/C23H20BrN3O5/c1-13-10-15(14(2)27(13)19-7-5-4-6-17(19)24)11-18-21(28)26(23(30)25-18)12-16-8-9-20(32-16)22(29)31-3/h4-11H,12H2,1-3H3,(H,25,30). The predicted octanol–water partition coefficient (Wildman–Crippen LogP) is 4.33. The molecule has 0 bridgehead atoms. The first-order chi connectivity index (χ1) is 15.3. The lowest BCUT2D eigenvalue weighted by Crippen LogP contribution is -2.30. The number of hydrogen-bond donors (Lipinski definition) is 1. The Morgan fingerprint density at radius 3 is 2.66 bits per heavy atom. The summed E-state index contributed by atoms with van der Waals surface area (Å²) in [5.41, 5.74) is 3.88. The smallest absolute Gasteiger partial charge is 0.373 e. The molecule has 1 fully saturated rings. The van der Waals surface area contributed by atoms with Crippen molar-refractivity contribution in [1.82, 2.24) is 14.8 Å². The van der Waals surface area contributed by atoms with E-state index in [9.17, 15) is 14.4 Å². The number of methoxy groups -OCH3 is 1. The van der Waals surface area contributed by atoms with Crippen LogP contribution in [-0.4, -0.2) is 34.5 Å². The zero-order valence-electron chi connectivity index (χ0n) is 17.6. The maximum atomic E-state index is 12.9. The number of furan rings is 1. The maximum Gasteiger partial charge on any atom is 0.373 e. The average molecular weight is 498 g/mol. The number of aromatic nitrogens is 1. The number of para-hydroxylation sites is 1.